The van der Waals surface area contributed by atoms with Crippen molar-refractivity contribution >= 4 is 38.9 Å². The van der Waals surface area contributed by atoms with E-state index in [-0.39, 0.29) is 24.4 Å². The zero-order valence-corrected chi connectivity index (χ0v) is 12.9. The molecule has 1 fully saturated rings. The molecule has 0 radical (unpaired) electrons. The lowest BCUT2D eigenvalue weighted by Gasteiger charge is -2.34. The molecule has 2 heterocycles. The van der Waals surface area contributed by atoms with Gasteiger partial charge in [-0.1, -0.05) is 11.6 Å². The third-order valence-corrected chi connectivity index (χ3v) is 5.53. The molecular formula is C15H15ClFNO2S. The number of aliphatic hydroxyl groups is 1. The van der Waals surface area contributed by atoms with E-state index >= 15 is 0 Å². The number of fused-ring (bicyclic) bond motifs is 1. The van der Waals surface area contributed by atoms with Crippen LogP contribution in [-0.2, 0) is 0 Å². The monoisotopic (exact) mass is 327 g/mol. The fourth-order valence-corrected chi connectivity index (χ4v) is 4.26. The summed E-state index contributed by atoms with van der Waals surface area (Å²) in [5.41, 5.74) is 0. The van der Waals surface area contributed by atoms with Crippen molar-refractivity contribution in [3.8, 4) is 0 Å². The number of piperidine rings is 1. The van der Waals surface area contributed by atoms with Crippen LogP contribution in [0.5, 0.6) is 0 Å². The van der Waals surface area contributed by atoms with Gasteiger partial charge in [0.25, 0.3) is 5.91 Å². The maximum absolute atomic E-state index is 13.3. The van der Waals surface area contributed by atoms with Gasteiger partial charge in [-0.2, -0.15) is 0 Å². The predicted octanol–water partition coefficient (Wildman–Crippen LogP) is 3.68. The molecule has 1 aliphatic rings. The van der Waals surface area contributed by atoms with Crippen molar-refractivity contribution in [3.05, 3.63) is 33.9 Å². The van der Waals surface area contributed by atoms with Crippen molar-refractivity contribution in [1.82, 2.24) is 4.90 Å². The van der Waals surface area contributed by atoms with Crippen LogP contribution >= 0.6 is 22.9 Å². The van der Waals surface area contributed by atoms with Crippen molar-refractivity contribution in [2.24, 2.45) is 0 Å². The molecule has 0 bridgehead atoms. The molecule has 6 heteroatoms. The summed E-state index contributed by atoms with van der Waals surface area (Å²) in [7, 11) is 0. The number of hydrogen-bond donors (Lipinski definition) is 1. The smallest absolute Gasteiger partial charge is 0.265 e. The second-order valence-corrected chi connectivity index (χ2v) is 6.65. The number of likely N-dealkylation sites (tertiary alicyclic amines) is 1. The minimum Gasteiger partial charge on any atom is -0.394 e. The van der Waals surface area contributed by atoms with Gasteiger partial charge in [0.05, 0.1) is 17.7 Å². The number of nitrogens with zero attached hydrogens (tertiary/aromatic N) is 1. The van der Waals surface area contributed by atoms with Crippen LogP contribution in [0, 0.1) is 5.82 Å². The fraction of sp³-hybridized carbons (Fsp3) is 0.400. The molecule has 0 saturated carbocycles. The Labute approximate surface area is 130 Å². The number of rotatable bonds is 2. The highest BCUT2D eigenvalue weighted by Gasteiger charge is 2.29. The van der Waals surface area contributed by atoms with Gasteiger partial charge < -0.3 is 10.0 Å². The molecule has 2 aromatic rings. The van der Waals surface area contributed by atoms with E-state index in [1.54, 1.807) is 11.0 Å². The summed E-state index contributed by atoms with van der Waals surface area (Å²) in [6.45, 7) is 0.589. The van der Waals surface area contributed by atoms with Crippen molar-refractivity contribution < 1.29 is 14.3 Å². The van der Waals surface area contributed by atoms with Gasteiger partial charge in [0, 0.05) is 16.6 Å². The lowest BCUT2D eigenvalue weighted by Crippen LogP contribution is -2.45. The Hall–Kier alpha value is -1.17. The van der Waals surface area contributed by atoms with Crippen molar-refractivity contribution in [1.29, 1.82) is 0 Å². The summed E-state index contributed by atoms with van der Waals surface area (Å²) in [6, 6.07) is 4.18. The first-order valence-electron chi connectivity index (χ1n) is 6.91. The average Bonchev–Trinajstić information content (AvgIpc) is 2.82. The van der Waals surface area contributed by atoms with Crippen molar-refractivity contribution in [2.75, 3.05) is 13.2 Å². The highest BCUT2D eigenvalue weighted by Crippen LogP contribution is 2.37. The van der Waals surface area contributed by atoms with Gasteiger partial charge in [-0.15, -0.1) is 11.3 Å². The quantitative estimate of drug-likeness (QED) is 0.914. The normalized spacial score (nSPS) is 19.2. The number of thiophene rings is 1. The van der Waals surface area contributed by atoms with Gasteiger partial charge in [-0.05, 0) is 37.5 Å². The van der Waals surface area contributed by atoms with Gasteiger partial charge in [0.1, 0.15) is 10.7 Å². The molecule has 1 aromatic carbocycles. The summed E-state index contributed by atoms with van der Waals surface area (Å²) < 4.78 is 14.0. The van der Waals surface area contributed by atoms with E-state index in [0.717, 1.165) is 19.3 Å². The number of hydrogen-bond acceptors (Lipinski definition) is 3. The Morgan fingerprint density at radius 1 is 1.48 bits per heavy atom. The van der Waals surface area contributed by atoms with E-state index in [2.05, 4.69) is 0 Å². The number of carbonyl (C=O) groups is 1. The van der Waals surface area contributed by atoms with E-state index in [4.69, 9.17) is 11.6 Å². The molecule has 0 spiro atoms. The Kier molecular flexibility index (Phi) is 4.15. The molecule has 1 atom stereocenters. The SMILES string of the molecule is O=C(c1sc2cc(F)ccc2c1Cl)N1CCCCC1CO. The van der Waals surface area contributed by atoms with Crippen molar-refractivity contribution in [3.63, 3.8) is 0 Å². The second kappa shape index (κ2) is 5.91. The fourth-order valence-electron chi connectivity index (χ4n) is 2.76. The van der Waals surface area contributed by atoms with Gasteiger partial charge in [0.15, 0.2) is 0 Å². The number of amides is 1. The minimum absolute atomic E-state index is 0.0388. The van der Waals surface area contributed by atoms with Crippen LogP contribution < -0.4 is 0 Å². The van der Waals surface area contributed by atoms with Crippen LogP contribution in [0.1, 0.15) is 28.9 Å². The summed E-state index contributed by atoms with van der Waals surface area (Å²) in [6.07, 6.45) is 2.75. The van der Waals surface area contributed by atoms with E-state index in [0.29, 0.717) is 26.5 Å². The molecule has 3 rings (SSSR count). The number of aliphatic hydroxyl groups excluding tert-OH is 1. The Morgan fingerprint density at radius 2 is 2.29 bits per heavy atom. The molecule has 1 unspecified atom stereocenters. The van der Waals surface area contributed by atoms with E-state index in [9.17, 15) is 14.3 Å². The second-order valence-electron chi connectivity index (χ2n) is 5.22. The Bertz CT molecular complexity index is 688. The minimum atomic E-state index is -0.342. The van der Waals surface area contributed by atoms with Crippen LogP contribution in [0.15, 0.2) is 18.2 Å². The zero-order valence-electron chi connectivity index (χ0n) is 11.3. The van der Waals surface area contributed by atoms with Gasteiger partial charge in [-0.25, -0.2) is 4.39 Å². The third kappa shape index (κ3) is 2.65. The number of halogens is 2. The standard InChI is InChI=1S/C15H15ClFNO2S/c16-13-11-5-4-9(17)7-12(11)21-14(13)15(20)18-6-2-1-3-10(18)8-19/h4-5,7,10,19H,1-3,6,8H2. The molecule has 1 aliphatic heterocycles. The first kappa shape index (κ1) is 14.8. The Morgan fingerprint density at radius 3 is 3.05 bits per heavy atom. The zero-order chi connectivity index (χ0) is 15.0. The molecule has 1 saturated heterocycles. The molecule has 112 valence electrons. The summed E-state index contributed by atoms with van der Waals surface area (Å²) in [5.74, 6) is -0.508. The molecule has 1 aromatic heterocycles. The van der Waals surface area contributed by atoms with Crippen LogP contribution in [0.3, 0.4) is 0 Å². The summed E-state index contributed by atoms with van der Waals surface area (Å²) in [5, 5.41) is 10.5. The van der Waals surface area contributed by atoms with Crippen LogP contribution in [0.25, 0.3) is 10.1 Å². The molecule has 21 heavy (non-hydrogen) atoms. The Balaban J connectivity index is 1.99. The van der Waals surface area contributed by atoms with Crippen LogP contribution in [0.2, 0.25) is 5.02 Å². The first-order valence-corrected chi connectivity index (χ1v) is 8.10. The summed E-state index contributed by atoms with van der Waals surface area (Å²) in [4.78, 5) is 14.8. The first-order chi connectivity index (χ1) is 10.1. The topological polar surface area (TPSA) is 40.5 Å². The van der Waals surface area contributed by atoms with Crippen LogP contribution in [-0.4, -0.2) is 35.1 Å². The van der Waals surface area contributed by atoms with Crippen molar-refractivity contribution in [2.45, 2.75) is 25.3 Å². The average molecular weight is 328 g/mol. The molecule has 3 nitrogen and oxygen atoms in total. The van der Waals surface area contributed by atoms with Gasteiger partial charge in [-0.3, -0.25) is 4.79 Å². The highest BCUT2D eigenvalue weighted by atomic mass is 35.5. The van der Waals surface area contributed by atoms with Crippen LogP contribution in [0.4, 0.5) is 4.39 Å². The highest BCUT2D eigenvalue weighted by molar-refractivity contribution is 7.21. The molecule has 0 aliphatic carbocycles. The van der Waals surface area contributed by atoms with E-state index in [1.807, 2.05) is 0 Å². The maximum Gasteiger partial charge on any atom is 0.265 e. The summed E-state index contributed by atoms with van der Waals surface area (Å²) >= 11 is 7.50. The maximum atomic E-state index is 13.3. The lowest BCUT2D eigenvalue weighted by atomic mass is 10.0. The number of carbonyl (C=O) groups excluding carboxylic acids is 1. The largest absolute Gasteiger partial charge is 0.394 e. The third-order valence-electron chi connectivity index (χ3n) is 3.88. The van der Waals surface area contributed by atoms with E-state index in [1.165, 1.54) is 23.5 Å². The van der Waals surface area contributed by atoms with Gasteiger partial charge >= 0.3 is 0 Å². The predicted molar refractivity (Wildman–Crippen MR) is 82.6 cm³/mol. The molecular weight excluding hydrogens is 313 g/mol. The molecule has 1 amide bonds. The molecule has 1 N–H and O–H groups in total. The van der Waals surface area contributed by atoms with E-state index < -0.39 is 0 Å². The van der Waals surface area contributed by atoms with Gasteiger partial charge in [0.2, 0.25) is 0 Å². The lowest BCUT2D eigenvalue weighted by molar-refractivity contribution is 0.0508. The number of benzene rings is 1.